The lowest BCUT2D eigenvalue weighted by atomic mass is 9.56. The average molecular weight is 949 g/mol. The summed E-state index contributed by atoms with van der Waals surface area (Å²) in [6.45, 7) is 7.95. The maximum atomic E-state index is 12.9. The molecule has 0 spiro atoms. The summed E-state index contributed by atoms with van der Waals surface area (Å²) in [6.07, 6.45) is 2.26. The Balaban J connectivity index is 0.000000201. The third-order valence-corrected chi connectivity index (χ3v) is 16.2. The third kappa shape index (κ3) is 11.4. The summed E-state index contributed by atoms with van der Waals surface area (Å²) in [4.78, 5) is 34.3. The van der Waals surface area contributed by atoms with Gasteiger partial charge in [-0.05, 0) is 210 Å². The van der Waals surface area contributed by atoms with E-state index in [4.69, 9.17) is 0 Å². The Morgan fingerprint density at radius 3 is 1.38 bits per heavy atom. The summed E-state index contributed by atoms with van der Waals surface area (Å²) >= 11 is 0. The van der Waals surface area contributed by atoms with E-state index in [1.165, 1.54) is 11.1 Å². The zero-order chi connectivity index (χ0) is 49.1. The van der Waals surface area contributed by atoms with Crippen LogP contribution in [0.3, 0.4) is 0 Å². The zero-order valence-electron chi connectivity index (χ0n) is 39.7. The second-order valence-corrected chi connectivity index (χ2v) is 20.2. The van der Waals surface area contributed by atoms with Crippen LogP contribution in [0.5, 0.6) is 0 Å². The molecule has 4 aromatic rings. The fourth-order valence-electron chi connectivity index (χ4n) is 12.4. The largest absolute Gasteiger partial charge is 0.390 e. The molecule has 2 fully saturated rings. The summed E-state index contributed by atoms with van der Waals surface area (Å²) in [6, 6.07) is 18.9. The minimum Gasteiger partial charge on any atom is -0.390 e. The lowest BCUT2D eigenvalue weighted by molar-refractivity contribution is -0.153. The molecule has 2 heterocycles. The third-order valence-electron chi connectivity index (χ3n) is 16.2. The van der Waals surface area contributed by atoms with Gasteiger partial charge in [0, 0.05) is 36.4 Å². The van der Waals surface area contributed by atoms with Gasteiger partial charge in [-0.25, -0.2) is 0 Å². The van der Waals surface area contributed by atoms with Crippen molar-refractivity contribution in [2.75, 3.05) is 10.6 Å². The van der Waals surface area contributed by atoms with Crippen LogP contribution in [0.4, 0.5) is 37.7 Å². The Labute approximate surface area is 396 Å². The van der Waals surface area contributed by atoms with Gasteiger partial charge < -0.3 is 20.8 Å². The quantitative estimate of drug-likeness (QED) is 0.117. The van der Waals surface area contributed by atoms with Crippen LogP contribution in [0, 0.1) is 25.7 Å². The van der Waals surface area contributed by atoms with E-state index in [0.29, 0.717) is 61.0 Å². The summed E-state index contributed by atoms with van der Waals surface area (Å²) in [5, 5.41) is 28.0. The predicted octanol–water partition coefficient (Wildman–Crippen LogP) is 13.0. The molecular formula is C54H66F6N4O4. The molecule has 6 atom stereocenters. The Hall–Kier alpha value is -4.82. The summed E-state index contributed by atoms with van der Waals surface area (Å²) in [7, 11) is 0. The summed E-state index contributed by atoms with van der Waals surface area (Å²) in [5.41, 5.74) is 5.84. The minimum absolute atomic E-state index is 0.128. The van der Waals surface area contributed by atoms with Crippen molar-refractivity contribution in [1.29, 1.82) is 0 Å². The predicted molar refractivity (Wildman–Crippen MR) is 252 cm³/mol. The highest BCUT2D eigenvalue weighted by Crippen LogP contribution is 2.56. The topological polar surface area (TPSA) is 124 Å². The average Bonchev–Trinajstić information content (AvgIpc) is 3.56. The van der Waals surface area contributed by atoms with Crippen molar-refractivity contribution >= 4 is 23.2 Å². The first kappa shape index (κ1) is 51.0. The van der Waals surface area contributed by atoms with Crippen LogP contribution >= 0.6 is 0 Å². The number of hydrogen-bond acceptors (Lipinski definition) is 6. The number of rotatable bonds is 10. The molecule has 2 aromatic heterocycles. The van der Waals surface area contributed by atoms with Crippen molar-refractivity contribution in [2.45, 2.75) is 178 Å². The van der Waals surface area contributed by atoms with E-state index in [1.54, 1.807) is 24.5 Å². The lowest BCUT2D eigenvalue weighted by Crippen LogP contribution is -2.48. The van der Waals surface area contributed by atoms with Crippen molar-refractivity contribution in [3.05, 3.63) is 118 Å². The first-order valence-electron chi connectivity index (χ1n) is 24.4. The molecule has 4 aliphatic carbocycles. The van der Waals surface area contributed by atoms with Crippen LogP contribution in [0.25, 0.3) is 0 Å². The number of carbonyl (C=O) groups is 2. The number of benzene rings is 2. The Morgan fingerprint density at radius 2 is 1.03 bits per heavy atom. The molecule has 14 heteroatoms. The number of amides is 2. The molecule has 2 saturated carbocycles. The number of fused-ring (bicyclic) bond motifs is 6. The van der Waals surface area contributed by atoms with Gasteiger partial charge in [0.05, 0.1) is 34.0 Å². The normalized spacial score (nSPS) is 26.8. The van der Waals surface area contributed by atoms with Gasteiger partial charge in [0.1, 0.15) is 0 Å². The lowest BCUT2D eigenvalue weighted by Gasteiger charge is -2.50. The number of anilines is 2. The van der Waals surface area contributed by atoms with Crippen LogP contribution in [0.2, 0.25) is 0 Å². The maximum Gasteiger partial charge on any atom is 0.389 e. The summed E-state index contributed by atoms with van der Waals surface area (Å²) in [5.74, 6) is -0.113. The number of aromatic nitrogens is 2. The number of alkyl halides is 6. The second-order valence-electron chi connectivity index (χ2n) is 20.2. The molecule has 368 valence electrons. The number of aryl methyl sites for hydroxylation is 4. The Kier molecular flexibility index (Phi) is 15.2. The second kappa shape index (κ2) is 20.3. The van der Waals surface area contributed by atoms with Gasteiger partial charge in [0.25, 0.3) is 11.8 Å². The van der Waals surface area contributed by atoms with E-state index in [-0.39, 0.29) is 47.3 Å². The van der Waals surface area contributed by atoms with Gasteiger partial charge in [-0.15, -0.1) is 0 Å². The standard InChI is InChI=1S/2C27H33F3N2O2/c2*1-3-26-13-11-25(34,12-14-27(28,29)30)17-21(26)7-4-6-19-16-20(9-10-22(19)26)24(33)32-23-8-5-15-31-18(23)2/h2*5,8-10,15-16,21,34H,3-4,6-7,11-14,17H2,1-2H3,(H,32,33)/t2*21-,25-,26+/m10/s1. The number of nitrogens with one attached hydrogen (secondary N) is 2. The maximum absolute atomic E-state index is 12.9. The fraction of sp³-hybridized carbons (Fsp3) is 0.556. The van der Waals surface area contributed by atoms with Crippen LogP contribution in [-0.4, -0.2) is 55.6 Å². The van der Waals surface area contributed by atoms with Gasteiger partial charge in [-0.3, -0.25) is 19.6 Å². The van der Waals surface area contributed by atoms with Crippen molar-refractivity contribution in [3.63, 3.8) is 0 Å². The highest BCUT2D eigenvalue weighted by molar-refractivity contribution is 6.05. The van der Waals surface area contributed by atoms with E-state index in [1.807, 2.05) is 62.4 Å². The molecule has 0 bridgehead atoms. The van der Waals surface area contributed by atoms with Crippen molar-refractivity contribution in [1.82, 2.24) is 9.97 Å². The molecule has 2 amide bonds. The molecule has 0 unspecified atom stereocenters. The van der Waals surface area contributed by atoms with Crippen LogP contribution in [-0.2, 0) is 23.7 Å². The SMILES string of the molecule is CC[C@@]12CC[C@](O)(CCC(F)(F)F)C[C@@H]1CCCc1cc(C(=O)Nc3cccnc3C)ccc12.CC[C@]12CC[C@@](O)(CCC(F)(F)F)C[C@H]1CCCc1cc(C(=O)Nc3cccnc3C)ccc12. The molecule has 0 aliphatic heterocycles. The summed E-state index contributed by atoms with van der Waals surface area (Å²) < 4.78 is 77.0. The fourth-order valence-corrected chi connectivity index (χ4v) is 12.4. The number of pyridine rings is 2. The number of hydrogen-bond donors (Lipinski definition) is 4. The van der Waals surface area contributed by atoms with Crippen LogP contribution in [0.1, 0.15) is 171 Å². The first-order valence-corrected chi connectivity index (χ1v) is 24.4. The van der Waals surface area contributed by atoms with E-state index < -0.39 is 36.4 Å². The molecule has 2 aromatic carbocycles. The smallest absolute Gasteiger partial charge is 0.389 e. The van der Waals surface area contributed by atoms with Crippen molar-refractivity contribution in [2.24, 2.45) is 11.8 Å². The number of aliphatic hydroxyl groups is 2. The zero-order valence-corrected chi connectivity index (χ0v) is 39.7. The highest BCUT2D eigenvalue weighted by atomic mass is 19.4. The number of halogens is 6. The molecule has 4 N–H and O–H groups in total. The molecule has 8 rings (SSSR count). The van der Waals surface area contributed by atoms with Gasteiger partial charge in [-0.1, -0.05) is 26.0 Å². The number of carbonyl (C=O) groups excluding carboxylic acids is 2. The van der Waals surface area contributed by atoms with E-state index >= 15 is 0 Å². The highest BCUT2D eigenvalue weighted by Gasteiger charge is 2.52. The number of nitrogens with zero attached hydrogens (tertiary/aromatic N) is 2. The first-order chi connectivity index (χ1) is 32.1. The van der Waals surface area contributed by atoms with E-state index in [9.17, 15) is 46.1 Å². The van der Waals surface area contributed by atoms with Gasteiger partial charge in [0.15, 0.2) is 0 Å². The van der Waals surface area contributed by atoms with Crippen LogP contribution < -0.4 is 10.6 Å². The van der Waals surface area contributed by atoms with Crippen molar-refractivity contribution < 1.29 is 46.1 Å². The molecule has 68 heavy (non-hydrogen) atoms. The Morgan fingerprint density at radius 1 is 0.632 bits per heavy atom. The van der Waals surface area contributed by atoms with Crippen molar-refractivity contribution in [3.8, 4) is 0 Å². The van der Waals surface area contributed by atoms with Gasteiger partial charge in [-0.2, -0.15) is 26.3 Å². The van der Waals surface area contributed by atoms with Gasteiger partial charge >= 0.3 is 12.4 Å². The molecule has 0 radical (unpaired) electrons. The van der Waals surface area contributed by atoms with E-state index in [0.717, 1.165) is 73.9 Å². The minimum atomic E-state index is -4.25. The van der Waals surface area contributed by atoms with Gasteiger partial charge in [0.2, 0.25) is 0 Å². The Bertz CT molecular complexity index is 2280. The molecular weight excluding hydrogens is 883 g/mol. The molecule has 8 nitrogen and oxygen atoms in total. The van der Waals surface area contributed by atoms with E-state index in [2.05, 4.69) is 34.4 Å². The van der Waals surface area contributed by atoms with Crippen LogP contribution in [0.15, 0.2) is 73.1 Å². The monoisotopic (exact) mass is 948 g/mol. The molecule has 4 aliphatic rings. The molecule has 0 saturated heterocycles.